The fraction of sp³-hybridized carbons (Fsp3) is 0.133. The summed E-state index contributed by atoms with van der Waals surface area (Å²) in [6.45, 7) is 1.67. The number of hydrogen-bond donors (Lipinski definition) is 1. The van der Waals surface area contributed by atoms with E-state index in [0.29, 0.717) is 22.6 Å². The van der Waals surface area contributed by atoms with Crippen LogP contribution in [-0.2, 0) is 0 Å². The van der Waals surface area contributed by atoms with E-state index < -0.39 is 6.10 Å². The first-order valence-electron chi connectivity index (χ1n) is 5.76. The van der Waals surface area contributed by atoms with Crippen molar-refractivity contribution in [3.05, 3.63) is 57.2 Å². The number of rotatable bonds is 3. The molecule has 0 saturated heterocycles. The number of halogens is 1. The van der Waals surface area contributed by atoms with Crippen LogP contribution in [0, 0.1) is 14.9 Å². The molecule has 0 unspecified atom stereocenters. The lowest BCUT2D eigenvalue weighted by Crippen LogP contribution is -1.97. The molecule has 0 amide bonds. The molecule has 0 fully saturated rings. The molecule has 3 nitrogen and oxygen atoms in total. The molecule has 0 spiro atoms. The minimum Gasteiger partial charge on any atom is -0.456 e. The van der Waals surface area contributed by atoms with E-state index in [9.17, 15) is 5.11 Å². The van der Waals surface area contributed by atoms with Crippen molar-refractivity contribution >= 4 is 22.6 Å². The molecule has 0 saturated carbocycles. The zero-order chi connectivity index (χ0) is 13.8. The van der Waals surface area contributed by atoms with Gasteiger partial charge in [-0.3, -0.25) is 0 Å². The molecular weight excluding hydrogens is 353 g/mol. The highest BCUT2D eigenvalue weighted by molar-refractivity contribution is 14.1. The lowest BCUT2D eigenvalue weighted by molar-refractivity contribution is 0.195. The van der Waals surface area contributed by atoms with Crippen LogP contribution < -0.4 is 4.74 Å². The number of nitriles is 1. The number of hydrogen-bond acceptors (Lipinski definition) is 3. The van der Waals surface area contributed by atoms with E-state index in [1.54, 1.807) is 25.1 Å². The molecule has 2 aromatic rings. The molecule has 96 valence electrons. The average molecular weight is 365 g/mol. The van der Waals surface area contributed by atoms with Gasteiger partial charge in [-0.05, 0) is 53.8 Å². The Labute approximate surface area is 125 Å². The smallest absolute Gasteiger partial charge is 0.140 e. The molecule has 0 aromatic heterocycles. The molecule has 1 N–H and O–H groups in total. The second-order valence-corrected chi connectivity index (χ2v) is 5.24. The van der Waals surface area contributed by atoms with Crippen LogP contribution in [0.3, 0.4) is 0 Å². The van der Waals surface area contributed by atoms with E-state index in [2.05, 4.69) is 28.7 Å². The van der Waals surface area contributed by atoms with Gasteiger partial charge in [0.2, 0.25) is 0 Å². The van der Waals surface area contributed by atoms with Gasteiger partial charge in [-0.15, -0.1) is 0 Å². The fourth-order valence-electron chi connectivity index (χ4n) is 1.68. The molecule has 4 heteroatoms. The van der Waals surface area contributed by atoms with Crippen molar-refractivity contribution in [2.75, 3.05) is 0 Å². The van der Waals surface area contributed by atoms with Crippen LogP contribution in [0.2, 0.25) is 0 Å². The van der Waals surface area contributed by atoms with E-state index >= 15 is 0 Å². The van der Waals surface area contributed by atoms with Gasteiger partial charge in [0.05, 0.1) is 21.3 Å². The Morgan fingerprint density at radius 3 is 2.58 bits per heavy atom. The van der Waals surface area contributed by atoms with Crippen LogP contribution in [0.1, 0.15) is 24.2 Å². The minimum absolute atomic E-state index is 0.505. The van der Waals surface area contributed by atoms with E-state index in [4.69, 9.17) is 10.00 Å². The van der Waals surface area contributed by atoms with Crippen molar-refractivity contribution in [2.24, 2.45) is 0 Å². The van der Waals surface area contributed by atoms with Gasteiger partial charge in [0.1, 0.15) is 11.5 Å². The van der Waals surface area contributed by atoms with Gasteiger partial charge < -0.3 is 9.84 Å². The Kier molecular flexibility index (Phi) is 4.40. The van der Waals surface area contributed by atoms with Crippen molar-refractivity contribution in [1.82, 2.24) is 0 Å². The van der Waals surface area contributed by atoms with Crippen molar-refractivity contribution in [2.45, 2.75) is 13.0 Å². The van der Waals surface area contributed by atoms with Crippen molar-refractivity contribution < 1.29 is 9.84 Å². The third kappa shape index (κ3) is 3.25. The van der Waals surface area contributed by atoms with Crippen LogP contribution in [0.15, 0.2) is 42.5 Å². The maximum atomic E-state index is 9.75. The maximum Gasteiger partial charge on any atom is 0.140 e. The highest BCUT2D eigenvalue weighted by atomic mass is 127. The lowest BCUT2D eigenvalue weighted by Gasteiger charge is -2.14. The summed E-state index contributed by atoms with van der Waals surface area (Å²) in [6.07, 6.45) is -0.649. The molecule has 0 bridgehead atoms. The first kappa shape index (κ1) is 13.8. The summed E-state index contributed by atoms with van der Waals surface area (Å²) >= 11 is 2.18. The summed E-state index contributed by atoms with van der Waals surface area (Å²) < 4.78 is 6.80. The van der Waals surface area contributed by atoms with Gasteiger partial charge in [0.15, 0.2) is 0 Å². The predicted octanol–water partition coefficient (Wildman–Crippen LogP) is 4.01. The van der Waals surface area contributed by atoms with Crippen molar-refractivity contribution in [3.8, 4) is 17.6 Å². The minimum atomic E-state index is -0.649. The van der Waals surface area contributed by atoms with E-state index in [-0.39, 0.29) is 0 Å². The van der Waals surface area contributed by atoms with E-state index in [0.717, 1.165) is 3.57 Å². The predicted molar refractivity (Wildman–Crippen MR) is 81.0 cm³/mol. The van der Waals surface area contributed by atoms with Crippen LogP contribution in [0.25, 0.3) is 0 Å². The molecule has 0 aliphatic heterocycles. The monoisotopic (exact) mass is 365 g/mol. The average Bonchev–Trinajstić information content (AvgIpc) is 2.41. The number of ether oxygens (including phenoxy) is 1. The lowest BCUT2D eigenvalue weighted by atomic mass is 10.1. The Morgan fingerprint density at radius 2 is 1.95 bits per heavy atom. The summed E-state index contributed by atoms with van der Waals surface area (Å²) in [5.41, 5.74) is 1.17. The van der Waals surface area contributed by atoms with Gasteiger partial charge in [0, 0.05) is 5.56 Å². The third-order valence-corrected chi connectivity index (χ3v) is 3.54. The van der Waals surface area contributed by atoms with Crippen molar-refractivity contribution in [1.29, 1.82) is 5.26 Å². The summed E-state index contributed by atoms with van der Waals surface area (Å²) in [5, 5.41) is 18.7. The molecule has 0 aliphatic rings. The number of para-hydroxylation sites is 1. The number of benzene rings is 2. The molecular formula is C15H12INO2. The molecule has 2 aromatic carbocycles. The van der Waals surface area contributed by atoms with Crippen LogP contribution in [-0.4, -0.2) is 5.11 Å². The first-order chi connectivity index (χ1) is 9.11. The number of aliphatic hydroxyl groups excluding tert-OH is 1. The van der Waals surface area contributed by atoms with Gasteiger partial charge in [-0.1, -0.05) is 18.2 Å². The molecule has 2 rings (SSSR count). The first-order valence-corrected chi connectivity index (χ1v) is 6.84. The Hall–Kier alpha value is -1.58. The summed E-state index contributed by atoms with van der Waals surface area (Å²) in [4.78, 5) is 0. The number of aliphatic hydroxyl groups is 1. The zero-order valence-corrected chi connectivity index (χ0v) is 12.5. The maximum absolute atomic E-state index is 9.75. The summed E-state index contributed by atoms with van der Waals surface area (Å²) in [6, 6.07) is 14.7. The van der Waals surface area contributed by atoms with Crippen molar-refractivity contribution in [3.63, 3.8) is 0 Å². The van der Waals surface area contributed by atoms with Gasteiger partial charge >= 0.3 is 0 Å². The SMILES string of the molecule is C[C@@H](O)c1ccc(C#N)cc1Oc1ccccc1I. The Bertz CT molecular complexity index is 632. The molecule has 0 heterocycles. The number of nitrogens with zero attached hydrogens (tertiary/aromatic N) is 1. The van der Waals surface area contributed by atoms with E-state index in [1.807, 2.05) is 24.3 Å². The topological polar surface area (TPSA) is 53.2 Å². The van der Waals surface area contributed by atoms with Crippen LogP contribution >= 0.6 is 22.6 Å². The van der Waals surface area contributed by atoms with Crippen LogP contribution in [0.5, 0.6) is 11.5 Å². The largest absolute Gasteiger partial charge is 0.456 e. The molecule has 1 atom stereocenters. The molecule has 0 aliphatic carbocycles. The Morgan fingerprint density at radius 1 is 1.21 bits per heavy atom. The summed E-state index contributed by atoms with van der Waals surface area (Å²) in [5.74, 6) is 1.22. The zero-order valence-electron chi connectivity index (χ0n) is 10.3. The van der Waals surface area contributed by atoms with Gasteiger partial charge in [-0.2, -0.15) is 5.26 Å². The fourth-order valence-corrected chi connectivity index (χ4v) is 2.18. The van der Waals surface area contributed by atoms with E-state index in [1.165, 1.54) is 0 Å². The summed E-state index contributed by atoms with van der Waals surface area (Å²) in [7, 11) is 0. The second kappa shape index (κ2) is 6.04. The Balaban J connectivity index is 2.44. The normalized spacial score (nSPS) is 11.7. The molecule has 19 heavy (non-hydrogen) atoms. The highest BCUT2D eigenvalue weighted by Crippen LogP contribution is 2.32. The third-order valence-electron chi connectivity index (χ3n) is 2.65. The van der Waals surface area contributed by atoms with Gasteiger partial charge in [0.25, 0.3) is 0 Å². The molecule has 0 radical (unpaired) electrons. The standard InChI is InChI=1S/C15H12INO2/c1-10(18)12-7-6-11(9-17)8-15(12)19-14-5-3-2-4-13(14)16/h2-8,10,18H,1H3/t10-/m1/s1. The second-order valence-electron chi connectivity index (χ2n) is 4.07. The van der Waals surface area contributed by atoms with Crippen LogP contribution in [0.4, 0.5) is 0 Å². The highest BCUT2D eigenvalue weighted by Gasteiger charge is 2.12. The quantitative estimate of drug-likeness (QED) is 0.837. The van der Waals surface area contributed by atoms with Gasteiger partial charge in [-0.25, -0.2) is 0 Å².